The van der Waals surface area contributed by atoms with Gasteiger partial charge in [0, 0.05) is 0 Å². The number of nitrogen functional groups attached to an aromatic ring is 1. The Bertz CT molecular complexity index is 505. The van der Waals surface area contributed by atoms with Crippen LogP contribution in [0, 0.1) is 0 Å². The smallest absolute Gasteiger partial charge is 0.353 e. The molecule has 3 N–H and O–H groups in total. The van der Waals surface area contributed by atoms with Gasteiger partial charge in [-0.25, -0.2) is 9.78 Å². The second-order valence-corrected chi connectivity index (χ2v) is 5.29. The fraction of sp³-hybridized carbons (Fsp3) is 0.571. The van der Waals surface area contributed by atoms with E-state index in [0.717, 1.165) is 0 Å². The molecular weight excluding hydrogens is 251 g/mol. The summed E-state index contributed by atoms with van der Waals surface area (Å²) in [6.45, 7) is 0.0731. The van der Waals surface area contributed by atoms with Gasteiger partial charge in [0.1, 0.15) is 18.8 Å². The highest BCUT2D eigenvalue weighted by atomic mass is 31.2. The first-order valence-corrected chi connectivity index (χ1v) is 6.49. The summed E-state index contributed by atoms with van der Waals surface area (Å²) in [6, 6.07) is 0. The molecule has 2 rings (SSSR count). The largest absolute Gasteiger partial charge is 0.368 e. The number of rotatable bonds is 2. The van der Waals surface area contributed by atoms with E-state index in [2.05, 4.69) is 9.97 Å². The van der Waals surface area contributed by atoms with Crippen LogP contribution in [0.5, 0.6) is 0 Å². The van der Waals surface area contributed by atoms with E-state index in [1.165, 1.54) is 10.9 Å². The predicted octanol–water partition coefficient (Wildman–Crippen LogP) is -1.22. The van der Waals surface area contributed by atoms with Gasteiger partial charge in [0.15, 0.2) is 0 Å². The normalized spacial score (nSPS) is 29.1. The second-order valence-electron chi connectivity index (χ2n) is 3.50. The van der Waals surface area contributed by atoms with E-state index in [1.54, 1.807) is 0 Å². The summed E-state index contributed by atoms with van der Waals surface area (Å²) in [5, 5.41) is 0. The van der Waals surface area contributed by atoms with Gasteiger partial charge in [-0.05, 0) is 0 Å². The van der Waals surface area contributed by atoms with Crippen LogP contribution in [0.1, 0.15) is 0 Å². The van der Waals surface area contributed by atoms with Crippen molar-refractivity contribution >= 4 is 13.5 Å². The lowest BCUT2D eigenvalue weighted by atomic mass is 10.4. The topological polar surface area (TPSA) is 130 Å². The number of hydrogen-bond acceptors (Lipinski definition) is 7. The second kappa shape index (κ2) is 4.53. The van der Waals surface area contributed by atoms with Gasteiger partial charge in [-0.3, -0.25) is 9.13 Å². The predicted molar refractivity (Wildman–Crippen MR) is 56.2 cm³/mol. The van der Waals surface area contributed by atoms with Crippen molar-refractivity contribution in [2.75, 3.05) is 18.7 Å². The van der Waals surface area contributed by atoms with E-state index in [4.69, 9.17) is 19.9 Å². The van der Waals surface area contributed by atoms with Crippen molar-refractivity contribution in [3.8, 4) is 0 Å². The van der Waals surface area contributed by atoms with E-state index in [9.17, 15) is 9.36 Å². The molecule has 0 amide bonds. The van der Waals surface area contributed by atoms with Crippen LogP contribution in [0.3, 0.4) is 0 Å². The summed E-state index contributed by atoms with van der Waals surface area (Å²) in [5.41, 5.74) is 4.68. The molecule has 0 saturated carbocycles. The summed E-state index contributed by atoms with van der Waals surface area (Å²) in [7, 11) is -3.61. The van der Waals surface area contributed by atoms with Crippen LogP contribution in [-0.4, -0.2) is 38.5 Å². The number of ether oxygens (including phenoxy) is 1. The number of hydrogen-bond donors (Lipinski definition) is 2. The Morgan fingerprint density at radius 3 is 3.06 bits per heavy atom. The molecule has 1 saturated heterocycles. The summed E-state index contributed by atoms with van der Waals surface area (Å²) in [6.07, 6.45) is 0.359. The Labute approximate surface area is 95.7 Å². The third-order valence-corrected chi connectivity index (χ3v) is 3.15. The maximum absolute atomic E-state index is 11.4. The van der Waals surface area contributed by atoms with E-state index in [-0.39, 0.29) is 25.4 Å². The molecule has 10 heteroatoms. The van der Waals surface area contributed by atoms with Gasteiger partial charge in [0.25, 0.3) is 0 Å². The van der Waals surface area contributed by atoms with Crippen LogP contribution in [-0.2, 0) is 20.4 Å². The van der Waals surface area contributed by atoms with E-state index in [0.29, 0.717) is 0 Å². The molecule has 0 bridgehead atoms. The number of anilines is 1. The molecule has 0 aromatic carbocycles. The molecule has 1 unspecified atom stereocenters. The minimum absolute atomic E-state index is 0.0649. The quantitative estimate of drug-likeness (QED) is 0.634. The van der Waals surface area contributed by atoms with Crippen LogP contribution in [0.2, 0.25) is 0 Å². The molecule has 94 valence electrons. The van der Waals surface area contributed by atoms with E-state index >= 15 is 0 Å². The van der Waals surface area contributed by atoms with Crippen LogP contribution in [0.25, 0.3) is 0 Å². The molecule has 1 aromatic heterocycles. The van der Waals surface area contributed by atoms with Crippen molar-refractivity contribution in [3.63, 3.8) is 0 Å². The monoisotopic (exact) mass is 262 g/mol. The fourth-order valence-electron chi connectivity index (χ4n) is 1.30. The molecule has 17 heavy (non-hydrogen) atoms. The lowest BCUT2D eigenvalue weighted by Crippen LogP contribution is -2.35. The standard InChI is InChI=1S/C7H11N4O5P/c8-6-9-3-11(7(12)10-6)1-5-2-16-17(13,14)4-15-5/h3,5H,1-2,4H2,(H,13,14)(H2,8,10,12)/t5-/m0/s1. The molecule has 1 fully saturated rings. The Morgan fingerprint density at radius 1 is 1.71 bits per heavy atom. The van der Waals surface area contributed by atoms with Crippen molar-refractivity contribution in [2.24, 2.45) is 0 Å². The summed E-state index contributed by atoms with van der Waals surface area (Å²) < 4.78 is 22.1. The zero-order valence-corrected chi connectivity index (χ0v) is 9.62. The van der Waals surface area contributed by atoms with Crippen molar-refractivity contribution in [1.82, 2.24) is 14.5 Å². The highest BCUT2D eigenvalue weighted by molar-refractivity contribution is 7.52. The summed E-state index contributed by atoms with van der Waals surface area (Å²) in [4.78, 5) is 27.5. The Balaban J connectivity index is 2.03. The lowest BCUT2D eigenvalue weighted by Gasteiger charge is -2.26. The molecule has 1 aliphatic heterocycles. The highest BCUT2D eigenvalue weighted by Gasteiger charge is 2.29. The zero-order valence-electron chi connectivity index (χ0n) is 8.72. The number of aromatic nitrogens is 3. The van der Waals surface area contributed by atoms with Crippen LogP contribution in [0.4, 0.5) is 5.95 Å². The molecule has 1 aromatic rings. The average Bonchev–Trinajstić information content (AvgIpc) is 2.25. The molecule has 0 spiro atoms. The van der Waals surface area contributed by atoms with Gasteiger partial charge < -0.3 is 19.9 Å². The third kappa shape index (κ3) is 3.10. The first-order chi connectivity index (χ1) is 7.96. The molecular formula is C7H11N4O5P. The maximum atomic E-state index is 11.4. The van der Waals surface area contributed by atoms with Gasteiger partial charge in [-0.1, -0.05) is 0 Å². The lowest BCUT2D eigenvalue weighted by molar-refractivity contribution is -0.00874. The molecule has 0 radical (unpaired) electrons. The first kappa shape index (κ1) is 12.2. The molecule has 2 atom stereocenters. The van der Waals surface area contributed by atoms with Crippen LogP contribution in [0.15, 0.2) is 11.1 Å². The van der Waals surface area contributed by atoms with Gasteiger partial charge in [0.2, 0.25) is 5.95 Å². The van der Waals surface area contributed by atoms with Crippen molar-refractivity contribution < 1.29 is 18.7 Å². The molecule has 0 aliphatic carbocycles. The van der Waals surface area contributed by atoms with E-state index in [1.807, 2.05) is 0 Å². The van der Waals surface area contributed by atoms with Crippen LogP contribution < -0.4 is 11.4 Å². The SMILES string of the molecule is Nc1ncn(C[C@H]2COP(=O)(O)CO2)c(=O)n1. The minimum atomic E-state index is -3.61. The van der Waals surface area contributed by atoms with E-state index < -0.39 is 19.4 Å². The van der Waals surface area contributed by atoms with Gasteiger partial charge in [-0.2, -0.15) is 4.98 Å². The van der Waals surface area contributed by atoms with Gasteiger partial charge in [0.05, 0.1) is 13.2 Å². The van der Waals surface area contributed by atoms with Gasteiger partial charge in [-0.15, -0.1) is 0 Å². The average molecular weight is 262 g/mol. The minimum Gasteiger partial charge on any atom is -0.368 e. The highest BCUT2D eigenvalue weighted by Crippen LogP contribution is 2.44. The zero-order chi connectivity index (χ0) is 12.5. The summed E-state index contributed by atoms with van der Waals surface area (Å²) >= 11 is 0. The van der Waals surface area contributed by atoms with Crippen molar-refractivity contribution in [3.05, 3.63) is 16.8 Å². The van der Waals surface area contributed by atoms with Crippen molar-refractivity contribution in [1.29, 1.82) is 0 Å². The fourth-order valence-corrected chi connectivity index (χ4v) is 2.18. The third-order valence-electron chi connectivity index (χ3n) is 2.12. The number of nitrogens with two attached hydrogens (primary N) is 1. The maximum Gasteiger partial charge on any atom is 0.353 e. The summed E-state index contributed by atoms with van der Waals surface area (Å²) in [5.74, 6) is -0.105. The Hall–Kier alpha value is -1.28. The molecule has 1 aliphatic rings. The van der Waals surface area contributed by atoms with Gasteiger partial charge >= 0.3 is 13.3 Å². The van der Waals surface area contributed by atoms with Crippen molar-refractivity contribution in [2.45, 2.75) is 12.6 Å². The van der Waals surface area contributed by atoms with Crippen LogP contribution >= 0.6 is 7.60 Å². The number of nitrogens with zero attached hydrogens (tertiary/aromatic N) is 3. The Kier molecular flexibility index (Phi) is 3.25. The Morgan fingerprint density at radius 2 is 2.47 bits per heavy atom. The molecule has 9 nitrogen and oxygen atoms in total. The first-order valence-electron chi connectivity index (χ1n) is 4.73. The molecule has 2 heterocycles.